The van der Waals surface area contributed by atoms with Gasteiger partial charge in [0.1, 0.15) is 0 Å². The number of rotatable bonds is 6. The van der Waals surface area contributed by atoms with Crippen LogP contribution in [0, 0.1) is 5.92 Å². The highest BCUT2D eigenvalue weighted by atomic mass is 15.3. The lowest BCUT2D eigenvalue weighted by molar-refractivity contribution is 0.270. The summed E-state index contributed by atoms with van der Waals surface area (Å²) in [6.45, 7) is 12.6. The van der Waals surface area contributed by atoms with Gasteiger partial charge in [-0.1, -0.05) is 45.0 Å². The molecular weight excluding hydrogens is 284 g/mol. The van der Waals surface area contributed by atoms with Gasteiger partial charge in [0.15, 0.2) is 5.96 Å². The maximum Gasteiger partial charge on any atom is 0.191 e. The highest BCUT2D eigenvalue weighted by Crippen LogP contribution is 2.15. The molecule has 2 N–H and O–H groups in total. The van der Waals surface area contributed by atoms with Crippen LogP contribution in [0.2, 0.25) is 0 Å². The Bertz CT molecular complexity index is 508. The Kier molecular flexibility index (Phi) is 6.90. The van der Waals surface area contributed by atoms with E-state index in [1.54, 1.807) is 0 Å². The summed E-state index contributed by atoms with van der Waals surface area (Å²) in [6, 6.07) is 8.72. The first-order chi connectivity index (χ1) is 11.1. The molecule has 128 valence electrons. The lowest BCUT2D eigenvalue weighted by atomic mass is 10.0. The molecule has 0 bridgehead atoms. The minimum atomic E-state index is 0.669. The topological polar surface area (TPSA) is 44.9 Å². The molecule has 1 fully saturated rings. The SMILES string of the molecule is CCN(CC)Cc1cccc(CN=C(N)N2CCCC(C)C2)c1. The van der Waals surface area contributed by atoms with Crippen molar-refractivity contribution in [1.82, 2.24) is 9.80 Å². The maximum atomic E-state index is 6.19. The van der Waals surface area contributed by atoms with Gasteiger partial charge in [-0.05, 0) is 43.0 Å². The molecule has 0 saturated carbocycles. The van der Waals surface area contributed by atoms with Crippen molar-refractivity contribution >= 4 is 5.96 Å². The Hall–Kier alpha value is -1.55. The molecule has 4 heteroatoms. The van der Waals surface area contributed by atoms with Gasteiger partial charge < -0.3 is 10.6 Å². The quantitative estimate of drug-likeness (QED) is 0.648. The zero-order valence-corrected chi connectivity index (χ0v) is 15.0. The van der Waals surface area contributed by atoms with E-state index in [-0.39, 0.29) is 0 Å². The summed E-state index contributed by atoms with van der Waals surface area (Å²) < 4.78 is 0. The summed E-state index contributed by atoms with van der Waals surface area (Å²) in [5.41, 5.74) is 8.78. The number of likely N-dealkylation sites (tertiary alicyclic amines) is 1. The molecule has 0 aromatic heterocycles. The zero-order chi connectivity index (χ0) is 16.7. The van der Waals surface area contributed by atoms with Crippen molar-refractivity contribution in [2.24, 2.45) is 16.6 Å². The summed E-state index contributed by atoms with van der Waals surface area (Å²) in [5, 5.41) is 0. The molecule has 0 spiro atoms. The third-order valence-corrected chi connectivity index (χ3v) is 4.70. The Morgan fingerprint density at radius 3 is 2.74 bits per heavy atom. The van der Waals surface area contributed by atoms with Gasteiger partial charge in [0.2, 0.25) is 0 Å². The highest BCUT2D eigenvalue weighted by Gasteiger charge is 2.17. The third kappa shape index (κ3) is 5.54. The second-order valence-corrected chi connectivity index (χ2v) is 6.65. The molecule has 1 aliphatic heterocycles. The Labute approximate surface area is 141 Å². The smallest absolute Gasteiger partial charge is 0.191 e. The fourth-order valence-corrected chi connectivity index (χ4v) is 3.20. The van der Waals surface area contributed by atoms with Crippen molar-refractivity contribution in [2.45, 2.75) is 46.7 Å². The van der Waals surface area contributed by atoms with Crippen LogP contribution in [0.4, 0.5) is 0 Å². The summed E-state index contributed by atoms with van der Waals surface area (Å²) in [6.07, 6.45) is 2.52. The van der Waals surface area contributed by atoms with E-state index in [0.717, 1.165) is 38.6 Å². The molecule has 1 aliphatic rings. The van der Waals surface area contributed by atoms with Gasteiger partial charge >= 0.3 is 0 Å². The summed E-state index contributed by atoms with van der Waals surface area (Å²) in [7, 11) is 0. The average Bonchev–Trinajstić information content (AvgIpc) is 2.58. The predicted molar refractivity (Wildman–Crippen MR) is 98.4 cm³/mol. The molecule has 1 saturated heterocycles. The second-order valence-electron chi connectivity index (χ2n) is 6.65. The lowest BCUT2D eigenvalue weighted by Crippen LogP contribution is -2.43. The Morgan fingerprint density at radius 2 is 2.04 bits per heavy atom. The van der Waals surface area contributed by atoms with Crippen LogP contribution in [-0.4, -0.2) is 41.9 Å². The molecule has 0 aliphatic carbocycles. The monoisotopic (exact) mass is 316 g/mol. The number of guanidine groups is 1. The van der Waals surface area contributed by atoms with Crippen LogP contribution in [0.3, 0.4) is 0 Å². The van der Waals surface area contributed by atoms with E-state index in [4.69, 9.17) is 5.73 Å². The van der Waals surface area contributed by atoms with E-state index >= 15 is 0 Å². The largest absolute Gasteiger partial charge is 0.370 e. The normalized spacial score (nSPS) is 19.4. The molecule has 0 radical (unpaired) electrons. The van der Waals surface area contributed by atoms with Crippen LogP contribution >= 0.6 is 0 Å². The lowest BCUT2D eigenvalue weighted by Gasteiger charge is -2.31. The second kappa shape index (κ2) is 8.92. The minimum Gasteiger partial charge on any atom is -0.370 e. The summed E-state index contributed by atoms with van der Waals surface area (Å²) in [4.78, 5) is 9.27. The van der Waals surface area contributed by atoms with Crippen molar-refractivity contribution in [2.75, 3.05) is 26.2 Å². The zero-order valence-electron chi connectivity index (χ0n) is 15.0. The summed E-state index contributed by atoms with van der Waals surface area (Å²) >= 11 is 0. The first kappa shape index (κ1) is 17.8. The molecule has 4 nitrogen and oxygen atoms in total. The Morgan fingerprint density at radius 1 is 1.30 bits per heavy atom. The van der Waals surface area contributed by atoms with Crippen LogP contribution in [-0.2, 0) is 13.1 Å². The van der Waals surface area contributed by atoms with E-state index in [9.17, 15) is 0 Å². The third-order valence-electron chi connectivity index (χ3n) is 4.70. The van der Waals surface area contributed by atoms with Crippen LogP contribution in [0.25, 0.3) is 0 Å². The van der Waals surface area contributed by atoms with Crippen molar-refractivity contribution in [3.8, 4) is 0 Å². The molecule has 1 aromatic carbocycles. The Balaban J connectivity index is 1.95. The van der Waals surface area contributed by atoms with Crippen molar-refractivity contribution in [3.63, 3.8) is 0 Å². The van der Waals surface area contributed by atoms with Gasteiger partial charge in [-0.3, -0.25) is 4.90 Å². The van der Waals surface area contributed by atoms with Crippen LogP contribution in [0.1, 0.15) is 44.7 Å². The molecule has 1 atom stereocenters. The number of nitrogens with zero attached hydrogens (tertiary/aromatic N) is 3. The maximum absolute atomic E-state index is 6.19. The molecule has 0 amide bonds. The average molecular weight is 316 g/mol. The number of benzene rings is 1. The predicted octanol–water partition coefficient (Wildman–Crippen LogP) is 3.08. The van der Waals surface area contributed by atoms with Gasteiger partial charge in [0, 0.05) is 19.6 Å². The molecule has 1 unspecified atom stereocenters. The standard InChI is InChI=1S/C19H32N4/c1-4-22(5-2)15-18-10-6-9-17(12-18)13-21-19(20)23-11-7-8-16(3)14-23/h6,9-10,12,16H,4-5,7-8,11,13-15H2,1-3H3,(H2,20,21). The van der Waals surface area contributed by atoms with Gasteiger partial charge in [-0.2, -0.15) is 0 Å². The van der Waals surface area contributed by atoms with Crippen molar-refractivity contribution < 1.29 is 0 Å². The van der Waals surface area contributed by atoms with Crippen molar-refractivity contribution in [3.05, 3.63) is 35.4 Å². The van der Waals surface area contributed by atoms with E-state index < -0.39 is 0 Å². The van der Waals surface area contributed by atoms with Gasteiger partial charge in [-0.15, -0.1) is 0 Å². The molecule has 2 rings (SSSR count). The van der Waals surface area contributed by atoms with Crippen LogP contribution < -0.4 is 5.73 Å². The van der Waals surface area contributed by atoms with Gasteiger partial charge in [0.25, 0.3) is 0 Å². The van der Waals surface area contributed by atoms with E-state index in [2.05, 4.69) is 59.8 Å². The summed E-state index contributed by atoms with van der Waals surface area (Å²) in [5.74, 6) is 1.42. The highest BCUT2D eigenvalue weighted by molar-refractivity contribution is 5.78. The van der Waals surface area contributed by atoms with Gasteiger partial charge in [-0.25, -0.2) is 4.99 Å². The van der Waals surface area contributed by atoms with E-state index in [0.29, 0.717) is 12.5 Å². The van der Waals surface area contributed by atoms with E-state index in [1.807, 2.05) is 0 Å². The first-order valence-corrected chi connectivity index (χ1v) is 8.97. The van der Waals surface area contributed by atoms with Crippen molar-refractivity contribution in [1.29, 1.82) is 0 Å². The molecule has 1 aromatic rings. The van der Waals surface area contributed by atoms with Crippen LogP contribution in [0.5, 0.6) is 0 Å². The number of hydrogen-bond donors (Lipinski definition) is 1. The number of nitrogens with two attached hydrogens (primary N) is 1. The van der Waals surface area contributed by atoms with Gasteiger partial charge in [0.05, 0.1) is 6.54 Å². The fraction of sp³-hybridized carbons (Fsp3) is 0.632. The number of hydrogen-bond acceptors (Lipinski definition) is 2. The number of piperidine rings is 1. The fourth-order valence-electron chi connectivity index (χ4n) is 3.20. The minimum absolute atomic E-state index is 0.669. The van der Waals surface area contributed by atoms with E-state index in [1.165, 1.54) is 24.0 Å². The first-order valence-electron chi connectivity index (χ1n) is 8.97. The number of aliphatic imine (C=N–C) groups is 1. The molecule has 23 heavy (non-hydrogen) atoms. The molecular formula is C19H32N4. The molecule has 1 heterocycles. The van der Waals surface area contributed by atoms with Crippen LogP contribution in [0.15, 0.2) is 29.3 Å².